The molecule has 0 bridgehead atoms. The molecule has 0 radical (unpaired) electrons. The predicted octanol–water partition coefficient (Wildman–Crippen LogP) is 2.59. The van der Waals surface area contributed by atoms with E-state index in [2.05, 4.69) is 37.4 Å². The van der Waals surface area contributed by atoms with Crippen molar-refractivity contribution in [3.05, 3.63) is 29.8 Å². The Kier molecular flexibility index (Phi) is 6.89. The average molecular weight is 264 g/mol. The van der Waals surface area contributed by atoms with E-state index in [1.165, 1.54) is 5.56 Å². The van der Waals surface area contributed by atoms with E-state index in [4.69, 9.17) is 10.5 Å². The molecule has 0 aliphatic heterocycles. The Morgan fingerprint density at radius 2 is 1.95 bits per heavy atom. The Balaban J connectivity index is 2.67. The lowest BCUT2D eigenvalue weighted by Gasteiger charge is -2.22. The first-order valence-electron chi connectivity index (χ1n) is 7.22. The third-order valence-corrected chi connectivity index (χ3v) is 3.08. The zero-order chi connectivity index (χ0) is 14.3. The van der Waals surface area contributed by atoms with Gasteiger partial charge in [-0.2, -0.15) is 0 Å². The van der Waals surface area contributed by atoms with Crippen LogP contribution in [0.25, 0.3) is 0 Å². The summed E-state index contributed by atoms with van der Waals surface area (Å²) in [5, 5.41) is 3.51. The van der Waals surface area contributed by atoms with Crippen molar-refractivity contribution in [1.29, 1.82) is 0 Å². The van der Waals surface area contributed by atoms with Crippen molar-refractivity contribution < 1.29 is 4.74 Å². The van der Waals surface area contributed by atoms with Crippen molar-refractivity contribution in [3.8, 4) is 5.75 Å². The monoisotopic (exact) mass is 264 g/mol. The molecule has 108 valence electrons. The van der Waals surface area contributed by atoms with E-state index in [0.29, 0.717) is 18.5 Å². The number of hydrogen-bond acceptors (Lipinski definition) is 3. The fourth-order valence-electron chi connectivity index (χ4n) is 2.08. The van der Waals surface area contributed by atoms with Crippen molar-refractivity contribution in [3.63, 3.8) is 0 Å². The molecule has 0 aromatic heterocycles. The summed E-state index contributed by atoms with van der Waals surface area (Å²) >= 11 is 0. The van der Waals surface area contributed by atoms with Crippen LogP contribution in [0, 0.1) is 5.92 Å². The molecule has 0 spiro atoms. The zero-order valence-corrected chi connectivity index (χ0v) is 12.6. The maximum Gasteiger partial charge on any atom is 0.119 e. The first kappa shape index (κ1) is 16.0. The Hall–Kier alpha value is -1.06. The van der Waals surface area contributed by atoms with Crippen LogP contribution >= 0.6 is 0 Å². The van der Waals surface area contributed by atoms with Gasteiger partial charge >= 0.3 is 0 Å². The van der Waals surface area contributed by atoms with Crippen molar-refractivity contribution in [2.75, 3.05) is 13.1 Å². The summed E-state index contributed by atoms with van der Waals surface area (Å²) in [6.45, 7) is 10.1. The quantitative estimate of drug-likeness (QED) is 0.758. The molecule has 3 nitrogen and oxygen atoms in total. The Morgan fingerprint density at radius 3 is 2.53 bits per heavy atom. The maximum absolute atomic E-state index is 5.74. The fourth-order valence-corrected chi connectivity index (χ4v) is 2.08. The van der Waals surface area contributed by atoms with Crippen LogP contribution in [0.4, 0.5) is 0 Å². The molecule has 1 unspecified atom stereocenters. The van der Waals surface area contributed by atoms with Crippen LogP contribution in [-0.4, -0.2) is 25.2 Å². The molecule has 0 amide bonds. The van der Waals surface area contributed by atoms with E-state index in [1.54, 1.807) is 0 Å². The van der Waals surface area contributed by atoms with E-state index < -0.39 is 0 Å². The predicted molar refractivity (Wildman–Crippen MR) is 81.6 cm³/mol. The van der Waals surface area contributed by atoms with E-state index in [1.807, 2.05) is 19.9 Å². The molecule has 1 rings (SSSR count). The molecule has 19 heavy (non-hydrogen) atoms. The second-order valence-electron chi connectivity index (χ2n) is 5.61. The lowest BCUT2D eigenvalue weighted by molar-refractivity contribution is 0.242. The molecule has 3 heteroatoms. The van der Waals surface area contributed by atoms with Gasteiger partial charge in [0.25, 0.3) is 0 Å². The summed E-state index contributed by atoms with van der Waals surface area (Å²) in [6.07, 6.45) is 1.22. The van der Waals surface area contributed by atoms with Gasteiger partial charge < -0.3 is 15.8 Å². The van der Waals surface area contributed by atoms with Gasteiger partial charge in [-0.1, -0.05) is 26.0 Å². The lowest BCUT2D eigenvalue weighted by Crippen LogP contribution is -2.38. The summed E-state index contributed by atoms with van der Waals surface area (Å²) in [4.78, 5) is 0. The van der Waals surface area contributed by atoms with Gasteiger partial charge in [0.1, 0.15) is 5.75 Å². The SMILES string of the molecule is CC(C)Oc1cccc(CC(NCCN)C(C)C)c1. The normalized spacial score (nSPS) is 13.0. The Morgan fingerprint density at radius 1 is 1.21 bits per heavy atom. The minimum Gasteiger partial charge on any atom is -0.491 e. The minimum atomic E-state index is 0.214. The highest BCUT2D eigenvalue weighted by Gasteiger charge is 2.13. The van der Waals surface area contributed by atoms with Gasteiger partial charge in [-0.05, 0) is 43.9 Å². The topological polar surface area (TPSA) is 47.3 Å². The van der Waals surface area contributed by atoms with Gasteiger partial charge in [0.2, 0.25) is 0 Å². The number of ether oxygens (including phenoxy) is 1. The largest absolute Gasteiger partial charge is 0.491 e. The summed E-state index contributed by atoms with van der Waals surface area (Å²) in [5.41, 5.74) is 6.87. The van der Waals surface area contributed by atoms with Crippen molar-refractivity contribution >= 4 is 0 Å². The van der Waals surface area contributed by atoms with Crippen molar-refractivity contribution in [2.45, 2.75) is 46.3 Å². The van der Waals surface area contributed by atoms with Crippen molar-refractivity contribution in [2.24, 2.45) is 11.7 Å². The third kappa shape index (κ3) is 6.08. The maximum atomic E-state index is 5.74. The van der Waals surface area contributed by atoms with Gasteiger partial charge in [-0.15, -0.1) is 0 Å². The van der Waals surface area contributed by atoms with Gasteiger partial charge in [-0.3, -0.25) is 0 Å². The minimum absolute atomic E-state index is 0.214. The first-order chi connectivity index (χ1) is 9.02. The second-order valence-corrected chi connectivity index (χ2v) is 5.61. The number of nitrogens with one attached hydrogen (secondary N) is 1. The molecule has 0 heterocycles. The Bertz CT molecular complexity index is 364. The first-order valence-corrected chi connectivity index (χ1v) is 7.22. The second kappa shape index (κ2) is 8.18. The molecule has 0 fully saturated rings. The molecular formula is C16H28N2O. The van der Waals surface area contributed by atoms with Gasteiger partial charge in [-0.25, -0.2) is 0 Å². The Labute approximate surface area is 117 Å². The summed E-state index contributed by atoms with van der Waals surface area (Å²) in [7, 11) is 0. The van der Waals surface area contributed by atoms with Crippen molar-refractivity contribution in [1.82, 2.24) is 5.32 Å². The summed E-state index contributed by atoms with van der Waals surface area (Å²) in [5.74, 6) is 1.54. The van der Waals surface area contributed by atoms with Crippen LogP contribution in [0.2, 0.25) is 0 Å². The number of hydrogen-bond donors (Lipinski definition) is 2. The van der Waals surface area contributed by atoms with E-state index in [0.717, 1.165) is 18.7 Å². The molecule has 0 saturated heterocycles. The molecule has 0 saturated carbocycles. The lowest BCUT2D eigenvalue weighted by atomic mass is 9.96. The van der Waals surface area contributed by atoms with E-state index in [9.17, 15) is 0 Å². The molecular weight excluding hydrogens is 236 g/mol. The summed E-state index contributed by atoms with van der Waals surface area (Å²) in [6, 6.07) is 8.83. The van der Waals surface area contributed by atoms with Crippen LogP contribution in [0.1, 0.15) is 33.3 Å². The van der Waals surface area contributed by atoms with Gasteiger partial charge in [0.05, 0.1) is 6.10 Å². The molecule has 3 N–H and O–H groups in total. The van der Waals surface area contributed by atoms with Crippen LogP contribution < -0.4 is 15.8 Å². The summed E-state index contributed by atoms with van der Waals surface area (Å²) < 4.78 is 5.74. The van der Waals surface area contributed by atoms with Crippen LogP contribution in [0.15, 0.2) is 24.3 Å². The number of rotatable bonds is 8. The molecule has 1 aromatic rings. The zero-order valence-electron chi connectivity index (χ0n) is 12.6. The molecule has 0 aliphatic carbocycles. The van der Waals surface area contributed by atoms with Crippen LogP contribution in [-0.2, 0) is 6.42 Å². The van der Waals surface area contributed by atoms with Crippen LogP contribution in [0.5, 0.6) is 5.75 Å². The third-order valence-electron chi connectivity index (χ3n) is 3.08. The highest BCUT2D eigenvalue weighted by molar-refractivity contribution is 5.29. The molecule has 0 aliphatic rings. The molecule has 1 atom stereocenters. The fraction of sp³-hybridized carbons (Fsp3) is 0.625. The number of benzene rings is 1. The highest BCUT2D eigenvalue weighted by atomic mass is 16.5. The van der Waals surface area contributed by atoms with Gasteiger partial charge in [0, 0.05) is 19.1 Å². The average Bonchev–Trinajstić information content (AvgIpc) is 2.33. The standard InChI is InChI=1S/C16H28N2O/c1-12(2)16(18-9-8-17)11-14-6-5-7-15(10-14)19-13(3)4/h5-7,10,12-13,16,18H,8-9,11,17H2,1-4H3. The van der Waals surface area contributed by atoms with Gasteiger partial charge in [0.15, 0.2) is 0 Å². The number of nitrogens with two attached hydrogens (primary N) is 1. The van der Waals surface area contributed by atoms with E-state index in [-0.39, 0.29) is 6.10 Å². The highest BCUT2D eigenvalue weighted by Crippen LogP contribution is 2.17. The van der Waals surface area contributed by atoms with E-state index >= 15 is 0 Å². The van der Waals surface area contributed by atoms with Crippen LogP contribution in [0.3, 0.4) is 0 Å². The smallest absolute Gasteiger partial charge is 0.119 e. The molecule has 1 aromatic carbocycles.